The Morgan fingerprint density at radius 3 is 2.65 bits per heavy atom. The van der Waals surface area contributed by atoms with Crippen molar-refractivity contribution in [1.82, 2.24) is 0 Å². The largest absolute Gasteiger partial charge is 0.392 e. The molecule has 1 aliphatic rings. The van der Waals surface area contributed by atoms with Crippen LogP contribution in [0.3, 0.4) is 0 Å². The SMILES string of the molecule is CC(O)COC(c1ccccc1CO)C1CC1. The van der Waals surface area contributed by atoms with Gasteiger partial charge in [-0.3, -0.25) is 0 Å². The van der Waals surface area contributed by atoms with Crippen LogP contribution in [0, 0.1) is 5.92 Å². The van der Waals surface area contributed by atoms with Gasteiger partial charge in [-0.15, -0.1) is 0 Å². The van der Waals surface area contributed by atoms with Crippen molar-refractivity contribution < 1.29 is 14.9 Å². The highest BCUT2D eigenvalue weighted by Gasteiger charge is 2.34. The van der Waals surface area contributed by atoms with Gasteiger partial charge in [-0.05, 0) is 36.8 Å². The van der Waals surface area contributed by atoms with E-state index in [0.29, 0.717) is 12.5 Å². The van der Waals surface area contributed by atoms with Crippen LogP contribution in [0.15, 0.2) is 24.3 Å². The molecule has 3 nitrogen and oxygen atoms in total. The van der Waals surface area contributed by atoms with Crippen molar-refractivity contribution in [2.75, 3.05) is 6.61 Å². The fourth-order valence-corrected chi connectivity index (χ4v) is 2.08. The molecule has 0 amide bonds. The van der Waals surface area contributed by atoms with Crippen LogP contribution in [0.2, 0.25) is 0 Å². The first-order chi connectivity index (χ1) is 8.22. The minimum Gasteiger partial charge on any atom is -0.392 e. The summed E-state index contributed by atoms with van der Waals surface area (Å²) in [6.45, 7) is 2.11. The van der Waals surface area contributed by atoms with Crippen molar-refractivity contribution in [2.24, 2.45) is 5.92 Å². The van der Waals surface area contributed by atoms with Gasteiger partial charge in [-0.1, -0.05) is 24.3 Å². The van der Waals surface area contributed by atoms with Gasteiger partial charge in [0.1, 0.15) is 0 Å². The first-order valence-electron chi connectivity index (χ1n) is 6.20. The zero-order chi connectivity index (χ0) is 12.3. The molecule has 2 atom stereocenters. The number of hydrogen-bond donors (Lipinski definition) is 2. The third-order valence-electron chi connectivity index (χ3n) is 3.10. The van der Waals surface area contributed by atoms with E-state index in [0.717, 1.165) is 11.1 Å². The first-order valence-corrected chi connectivity index (χ1v) is 6.20. The number of benzene rings is 1. The van der Waals surface area contributed by atoms with E-state index < -0.39 is 6.10 Å². The molecule has 0 bridgehead atoms. The van der Waals surface area contributed by atoms with Crippen LogP contribution in [0.1, 0.15) is 37.0 Å². The quantitative estimate of drug-likeness (QED) is 0.794. The molecule has 0 saturated heterocycles. The molecule has 1 aromatic carbocycles. The van der Waals surface area contributed by atoms with E-state index in [9.17, 15) is 10.2 Å². The number of ether oxygens (including phenoxy) is 1. The highest BCUT2D eigenvalue weighted by molar-refractivity contribution is 5.29. The van der Waals surface area contributed by atoms with Gasteiger partial charge in [-0.25, -0.2) is 0 Å². The van der Waals surface area contributed by atoms with Crippen LogP contribution < -0.4 is 0 Å². The zero-order valence-corrected chi connectivity index (χ0v) is 10.2. The Hall–Kier alpha value is -0.900. The summed E-state index contributed by atoms with van der Waals surface area (Å²) < 4.78 is 5.79. The minimum atomic E-state index is -0.447. The van der Waals surface area contributed by atoms with Gasteiger partial charge in [0.15, 0.2) is 0 Å². The van der Waals surface area contributed by atoms with Crippen molar-refractivity contribution in [1.29, 1.82) is 0 Å². The van der Waals surface area contributed by atoms with Crippen molar-refractivity contribution in [2.45, 2.75) is 38.6 Å². The van der Waals surface area contributed by atoms with Crippen LogP contribution in [0.25, 0.3) is 0 Å². The summed E-state index contributed by atoms with van der Waals surface area (Å²) in [5.41, 5.74) is 1.99. The van der Waals surface area contributed by atoms with E-state index in [1.807, 2.05) is 24.3 Å². The van der Waals surface area contributed by atoms with Gasteiger partial charge >= 0.3 is 0 Å². The molecule has 0 aliphatic heterocycles. The maximum Gasteiger partial charge on any atom is 0.0857 e. The molecule has 1 aliphatic carbocycles. The summed E-state index contributed by atoms with van der Waals surface area (Å²) in [7, 11) is 0. The van der Waals surface area contributed by atoms with Crippen LogP contribution in [-0.2, 0) is 11.3 Å². The van der Waals surface area contributed by atoms with E-state index in [-0.39, 0.29) is 12.7 Å². The molecule has 1 fully saturated rings. The summed E-state index contributed by atoms with van der Waals surface area (Å²) >= 11 is 0. The minimum absolute atomic E-state index is 0.0212. The average molecular weight is 236 g/mol. The van der Waals surface area contributed by atoms with Gasteiger partial charge in [0.2, 0.25) is 0 Å². The van der Waals surface area contributed by atoms with Gasteiger partial charge < -0.3 is 14.9 Å². The van der Waals surface area contributed by atoms with Gasteiger partial charge in [0.05, 0.1) is 25.4 Å². The van der Waals surface area contributed by atoms with E-state index in [2.05, 4.69) is 0 Å². The summed E-state index contributed by atoms with van der Waals surface area (Å²) in [5, 5.41) is 18.6. The van der Waals surface area contributed by atoms with Crippen LogP contribution in [0.4, 0.5) is 0 Å². The van der Waals surface area contributed by atoms with Crippen LogP contribution >= 0.6 is 0 Å². The maximum absolute atomic E-state index is 9.34. The molecule has 1 saturated carbocycles. The predicted octanol–water partition coefficient (Wildman–Crippen LogP) is 2.03. The van der Waals surface area contributed by atoms with Crippen molar-refractivity contribution in [3.05, 3.63) is 35.4 Å². The van der Waals surface area contributed by atoms with E-state index in [1.54, 1.807) is 6.92 Å². The average Bonchev–Trinajstić information content (AvgIpc) is 3.14. The van der Waals surface area contributed by atoms with E-state index in [1.165, 1.54) is 12.8 Å². The van der Waals surface area contributed by atoms with E-state index in [4.69, 9.17) is 4.74 Å². The summed E-state index contributed by atoms with van der Waals surface area (Å²) in [4.78, 5) is 0. The van der Waals surface area contributed by atoms with Crippen molar-refractivity contribution >= 4 is 0 Å². The molecule has 0 radical (unpaired) electrons. The molecule has 2 unspecified atom stereocenters. The lowest BCUT2D eigenvalue weighted by Crippen LogP contribution is -2.16. The normalized spacial score (nSPS) is 19.0. The topological polar surface area (TPSA) is 49.7 Å². The molecule has 2 rings (SSSR count). The Labute approximate surface area is 102 Å². The lowest BCUT2D eigenvalue weighted by Gasteiger charge is -2.21. The molecular formula is C14H20O3. The van der Waals surface area contributed by atoms with Crippen molar-refractivity contribution in [3.8, 4) is 0 Å². The van der Waals surface area contributed by atoms with Crippen LogP contribution in [0.5, 0.6) is 0 Å². The second-order valence-corrected chi connectivity index (χ2v) is 4.80. The molecule has 1 aromatic rings. The lowest BCUT2D eigenvalue weighted by atomic mass is 9.99. The number of rotatable bonds is 6. The molecule has 94 valence electrons. The standard InChI is InChI=1S/C14H20O3/c1-10(16)9-17-14(11-6-7-11)13-5-3-2-4-12(13)8-15/h2-5,10-11,14-16H,6-9H2,1H3. The third kappa shape index (κ3) is 3.28. The Kier molecular flexibility index (Phi) is 4.15. The lowest BCUT2D eigenvalue weighted by molar-refractivity contribution is -0.0147. The zero-order valence-electron chi connectivity index (χ0n) is 10.2. The Morgan fingerprint density at radius 1 is 1.35 bits per heavy atom. The van der Waals surface area contributed by atoms with E-state index >= 15 is 0 Å². The summed E-state index contributed by atoms with van der Waals surface area (Å²) in [6.07, 6.45) is 1.92. The number of aliphatic hydroxyl groups excluding tert-OH is 2. The summed E-state index contributed by atoms with van der Waals surface area (Å²) in [6, 6.07) is 7.83. The van der Waals surface area contributed by atoms with Crippen LogP contribution in [-0.4, -0.2) is 22.9 Å². The maximum atomic E-state index is 9.34. The number of hydrogen-bond acceptors (Lipinski definition) is 3. The Morgan fingerprint density at radius 2 is 2.06 bits per heavy atom. The van der Waals surface area contributed by atoms with Crippen molar-refractivity contribution in [3.63, 3.8) is 0 Å². The fourth-order valence-electron chi connectivity index (χ4n) is 2.08. The molecule has 0 aromatic heterocycles. The molecular weight excluding hydrogens is 216 g/mol. The second-order valence-electron chi connectivity index (χ2n) is 4.80. The molecule has 3 heteroatoms. The fraction of sp³-hybridized carbons (Fsp3) is 0.571. The highest BCUT2D eigenvalue weighted by Crippen LogP contribution is 2.44. The monoisotopic (exact) mass is 236 g/mol. The van der Waals surface area contributed by atoms with Gasteiger partial charge in [0, 0.05) is 0 Å². The second kappa shape index (κ2) is 5.63. The molecule has 0 spiro atoms. The molecule has 0 heterocycles. The molecule has 2 N–H and O–H groups in total. The number of aliphatic hydroxyl groups is 2. The predicted molar refractivity (Wildman–Crippen MR) is 65.5 cm³/mol. The Bertz CT molecular complexity index is 358. The van der Waals surface area contributed by atoms with Gasteiger partial charge in [0.25, 0.3) is 0 Å². The smallest absolute Gasteiger partial charge is 0.0857 e. The third-order valence-corrected chi connectivity index (χ3v) is 3.10. The van der Waals surface area contributed by atoms with Gasteiger partial charge in [-0.2, -0.15) is 0 Å². The highest BCUT2D eigenvalue weighted by atomic mass is 16.5. The Balaban J connectivity index is 2.14. The summed E-state index contributed by atoms with van der Waals surface area (Å²) in [5.74, 6) is 0.543. The first kappa shape index (κ1) is 12.6. The molecule has 17 heavy (non-hydrogen) atoms.